The largest absolute Gasteiger partial charge is 0.465 e. The van der Waals surface area contributed by atoms with E-state index in [0.717, 1.165) is 19.3 Å². The molecule has 0 saturated heterocycles. The Morgan fingerprint density at radius 1 is 1.41 bits per heavy atom. The Labute approximate surface area is 103 Å². The molecule has 1 rings (SSSR count). The van der Waals surface area contributed by atoms with Crippen LogP contribution in [0.2, 0.25) is 0 Å². The zero-order valence-electron chi connectivity index (χ0n) is 10.8. The van der Waals surface area contributed by atoms with Gasteiger partial charge in [0.05, 0.1) is 6.61 Å². The van der Waals surface area contributed by atoms with Crippen molar-refractivity contribution in [2.24, 2.45) is 11.3 Å². The summed E-state index contributed by atoms with van der Waals surface area (Å²) in [7, 11) is 0. The Bertz CT molecular complexity index is 309. The number of carbonyl (C=O) groups excluding carboxylic acids is 2. The lowest BCUT2D eigenvalue weighted by Gasteiger charge is -2.13. The van der Waals surface area contributed by atoms with E-state index in [2.05, 4.69) is 13.5 Å². The third kappa shape index (κ3) is 2.76. The first-order chi connectivity index (χ1) is 8.13. The number of ether oxygens (including phenoxy) is 1. The molecule has 17 heavy (non-hydrogen) atoms. The number of unbranched alkanes of at least 4 members (excludes halogenated alkanes) is 2. The van der Waals surface area contributed by atoms with Crippen molar-refractivity contribution in [2.45, 2.75) is 46.0 Å². The summed E-state index contributed by atoms with van der Waals surface area (Å²) in [5, 5.41) is 0. The molecule has 1 fully saturated rings. The highest BCUT2D eigenvalue weighted by Gasteiger charge is 2.64. The predicted molar refractivity (Wildman–Crippen MR) is 66.5 cm³/mol. The van der Waals surface area contributed by atoms with E-state index in [4.69, 9.17) is 4.74 Å². The fourth-order valence-electron chi connectivity index (χ4n) is 2.26. The Hall–Kier alpha value is -1.12. The molecule has 96 valence electrons. The molecule has 0 radical (unpaired) electrons. The highest BCUT2D eigenvalue weighted by Crippen LogP contribution is 2.55. The summed E-state index contributed by atoms with van der Waals surface area (Å²) in [5.41, 5.74) is -0.883. The van der Waals surface area contributed by atoms with E-state index in [0.29, 0.717) is 19.4 Å². The molecule has 0 aromatic rings. The minimum Gasteiger partial charge on any atom is -0.465 e. The molecule has 1 aliphatic rings. The van der Waals surface area contributed by atoms with E-state index in [9.17, 15) is 9.59 Å². The molecule has 0 amide bonds. The van der Waals surface area contributed by atoms with Crippen LogP contribution in [0.4, 0.5) is 0 Å². The molecule has 2 atom stereocenters. The Morgan fingerprint density at radius 2 is 2.12 bits per heavy atom. The summed E-state index contributed by atoms with van der Waals surface area (Å²) in [6.07, 6.45) is 5.74. The van der Waals surface area contributed by atoms with Crippen LogP contribution < -0.4 is 0 Å². The molecular formula is C14H22O3. The molecule has 3 nitrogen and oxygen atoms in total. The lowest BCUT2D eigenvalue weighted by atomic mass is 9.93. The van der Waals surface area contributed by atoms with Crippen molar-refractivity contribution in [2.75, 3.05) is 6.61 Å². The maximum Gasteiger partial charge on any atom is 0.320 e. The molecule has 2 unspecified atom stereocenters. The molecule has 0 aliphatic heterocycles. The van der Waals surface area contributed by atoms with Gasteiger partial charge in [0, 0.05) is 12.3 Å². The molecular weight excluding hydrogens is 216 g/mol. The molecule has 0 heterocycles. The minimum absolute atomic E-state index is 0.0179. The summed E-state index contributed by atoms with van der Waals surface area (Å²) >= 11 is 0. The lowest BCUT2D eigenvalue weighted by molar-refractivity contribution is -0.154. The first-order valence-corrected chi connectivity index (χ1v) is 6.46. The number of Topliss-reactive ketones (excluding diaryl/α,β-unsaturated/α-hetero) is 1. The third-order valence-corrected chi connectivity index (χ3v) is 3.44. The summed E-state index contributed by atoms with van der Waals surface area (Å²) in [6, 6.07) is 0. The van der Waals surface area contributed by atoms with Gasteiger partial charge in [0.15, 0.2) is 5.78 Å². The quantitative estimate of drug-likeness (QED) is 0.282. The van der Waals surface area contributed by atoms with Crippen molar-refractivity contribution in [3.63, 3.8) is 0 Å². The number of carbonyl (C=O) groups is 2. The Kier molecular flexibility index (Phi) is 4.91. The summed E-state index contributed by atoms with van der Waals surface area (Å²) < 4.78 is 5.02. The molecule has 0 aromatic heterocycles. The highest BCUT2D eigenvalue weighted by atomic mass is 16.5. The third-order valence-electron chi connectivity index (χ3n) is 3.44. The van der Waals surface area contributed by atoms with Crippen molar-refractivity contribution in [1.82, 2.24) is 0 Å². The second-order valence-corrected chi connectivity index (χ2v) is 4.62. The first kappa shape index (κ1) is 13.9. The van der Waals surface area contributed by atoms with E-state index < -0.39 is 5.41 Å². The van der Waals surface area contributed by atoms with Gasteiger partial charge in [-0.1, -0.05) is 25.8 Å². The zero-order chi connectivity index (χ0) is 12.9. The van der Waals surface area contributed by atoms with Crippen LogP contribution >= 0.6 is 0 Å². The summed E-state index contributed by atoms with van der Waals surface area (Å²) in [5.74, 6) is -0.337. The maximum absolute atomic E-state index is 12.1. The number of ketones is 1. The number of hydrogen-bond donors (Lipinski definition) is 0. The second kappa shape index (κ2) is 5.99. The highest BCUT2D eigenvalue weighted by molar-refractivity contribution is 6.07. The second-order valence-electron chi connectivity index (χ2n) is 4.62. The van der Waals surface area contributed by atoms with Gasteiger partial charge >= 0.3 is 5.97 Å². The Balaban J connectivity index is 2.63. The number of allylic oxidation sites excluding steroid dienone is 1. The first-order valence-electron chi connectivity index (χ1n) is 6.46. The average Bonchev–Trinajstić information content (AvgIpc) is 3.05. The normalized spacial score (nSPS) is 26.4. The van der Waals surface area contributed by atoms with E-state index in [1.54, 1.807) is 13.0 Å². The maximum atomic E-state index is 12.1. The standard InChI is InChI=1S/C14H22O3/c1-4-7-8-9-12(15)14(10-11(14)5-2)13(16)17-6-3/h5,11H,2,4,6-10H2,1,3H3. The van der Waals surface area contributed by atoms with Crippen LogP contribution in [-0.4, -0.2) is 18.4 Å². The van der Waals surface area contributed by atoms with Gasteiger partial charge in [-0.2, -0.15) is 0 Å². The lowest BCUT2D eigenvalue weighted by Crippen LogP contribution is -2.29. The van der Waals surface area contributed by atoms with E-state index in [1.165, 1.54) is 0 Å². The van der Waals surface area contributed by atoms with Crippen molar-refractivity contribution in [1.29, 1.82) is 0 Å². The predicted octanol–water partition coefficient (Wildman–Crippen LogP) is 2.89. The van der Waals surface area contributed by atoms with Crippen molar-refractivity contribution < 1.29 is 14.3 Å². The van der Waals surface area contributed by atoms with E-state index >= 15 is 0 Å². The SMILES string of the molecule is C=CC1CC1(C(=O)CCCCC)C(=O)OCC. The van der Waals surface area contributed by atoms with Gasteiger partial charge in [0.1, 0.15) is 5.41 Å². The van der Waals surface area contributed by atoms with Crippen LogP contribution in [0.5, 0.6) is 0 Å². The summed E-state index contributed by atoms with van der Waals surface area (Å²) in [6.45, 7) is 7.86. The fraction of sp³-hybridized carbons (Fsp3) is 0.714. The molecule has 3 heteroatoms. The van der Waals surface area contributed by atoms with Crippen molar-refractivity contribution in [3.05, 3.63) is 12.7 Å². The van der Waals surface area contributed by atoms with Crippen LogP contribution in [-0.2, 0) is 14.3 Å². The van der Waals surface area contributed by atoms with Gasteiger partial charge in [-0.15, -0.1) is 6.58 Å². The van der Waals surface area contributed by atoms with Crippen LogP contribution in [0, 0.1) is 11.3 Å². The topological polar surface area (TPSA) is 43.4 Å². The average molecular weight is 238 g/mol. The summed E-state index contributed by atoms with van der Waals surface area (Å²) in [4.78, 5) is 24.0. The van der Waals surface area contributed by atoms with Gasteiger partial charge in [0.2, 0.25) is 0 Å². The van der Waals surface area contributed by atoms with Gasteiger partial charge in [-0.3, -0.25) is 9.59 Å². The van der Waals surface area contributed by atoms with Crippen LogP contribution in [0.15, 0.2) is 12.7 Å². The van der Waals surface area contributed by atoms with Crippen LogP contribution in [0.1, 0.15) is 46.0 Å². The zero-order valence-corrected chi connectivity index (χ0v) is 10.8. The smallest absolute Gasteiger partial charge is 0.320 e. The van der Waals surface area contributed by atoms with Crippen LogP contribution in [0.25, 0.3) is 0 Å². The van der Waals surface area contributed by atoms with E-state index in [-0.39, 0.29) is 17.7 Å². The van der Waals surface area contributed by atoms with Gasteiger partial charge < -0.3 is 4.74 Å². The number of rotatable bonds is 8. The number of hydrogen-bond acceptors (Lipinski definition) is 3. The number of esters is 1. The Morgan fingerprint density at radius 3 is 2.59 bits per heavy atom. The van der Waals surface area contributed by atoms with E-state index in [1.807, 2.05) is 0 Å². The molecule has 0 bridgehead atoms. The van der Waals surface area contributed by atoms with Crippen LogP contribution in [0.3, 0.4) is 0 Å². The molecule has 0 N–H and O–H groups in total. The molecule has 0 aromatic carbocycles. The minimum atomic E-state index is -0.883. The fourth-order valence-corrected chi connectivity index (χ4v) is 2.26. The van der Waals surface area contributed by atoms with Gasteiger partial charge in [-0.05, 0) is 19.8 Å². The van der Waals surface area contributed by atoms with Gasteiger partial charge in [0.25, 0.3) is 0 Å². The van der Waals surface area contributed by atoms with Crippen molar-refractivity contribution in [3.8, 4) is 0 Å². The van der Waals surface area contributed by atoms with Gasteiger partial charge in [-0.25, -0.2) is 0 Å². The molecule has 0 spiro atoms. The molecule has 1 saturated carbocycles. The molecule has 1 aliphatic carbocycles. The monoisotopic (exact) mass is 238 g/mol. The van der Waals surface area contributed by atoms with Crippen molar-refractivity contribution >= 4 is 11.8 Å².